The molecule has 0 bridgehead atoms. The van der Waals surface area contributed by atoms with Gasteiger partial charge in [0.1, 0.15) is 0 Å². The smallest absolute Gasteiger partial charge is 0.0175 e. The third kappa shape index (κ3) is 5.33. The summed E-state index contributed by atoms with van der Waals surface area (Å²) < 4.78 is 0. The van der Waals surface area contributed by atoms with Gasteiger partial charge in [0.2, 0.25) is 0 Å². The second-order valence-corrected chi connectivity index (χ2v) is 7.46. The predicted molar refractivity (Wildman–Crippen MR) is 112 cm³/mol. The minimum Gasteiger partial charge on any atom is -0.0654 e. The second-order valence-electron chi connectivity index (χ2n) is 7.46. The summed E-state index contributed by atoms with van der Waals surface area (Å²) in [6.45, 7) is 2.29. The third-order valence-electron chi connectivity index (χ3n) is 5.34. The molecule has 0 aliphatic rings. The molecule has 0 aromatic heterocycles. The molecule has 0 heteroatoms. The highest BCUT2D eigenvalue weighted by Crippen LogP contribution is 2.24. The highest BCUT2D eigenvalue weighted by Gasteiger charge is 2.00. The van der Waals surface area contributed by atoms with Gasteiger partial charge in [0.25, 0.3) is 0 Å². The molecular weight excluding hydrogens is 300 g/mol. The van der Waals surface area contributed by atoms with Gasteiger partial charge in [0, 0.05) is 0 Å². The van der Waals surface area contributed by atoms with Crippen molar-refractivity contribution in [3.63, 3.8) is 0 Å². The van der Waals surface area contributed by atoms with E-state index in [9.17, 15) is 0 Å². The largest absolute Gasteiger partial charge is 0.0654 e. The summed E-state index contributed by atoms with van der Waals surface area (Å²) in [7, 11) is 0. The van der Waals surface area contributed by atoms with Crippen LogP contribution in [0.1, 0.15) is 70.3 Å². The number of hydrogen-bond acceptors (Lipinski definition) is 0. The summed E-state index contributed by atoms with van der Waals surface area (Å²) in [6, 6.07) is 20.3. The van der Waals surface area contributed by atoms with Crippen molar-refractivity contribution in [3.8, 4) is 0 Å². The van der Waals surface area contributed by atoms with E-state index in [1.165, 1.54) is 91.3 Å². The topological polar surface area (TPSA) is 0 Å². The Morgan fingerprint density at radius 3 is 1.76 bits per heavy atom. The van der Waals surface area contributed by atoms with Crippen LogP contribution in [0, 0.1) is 0 Å². The van der Waals surface area contributed by atoms with E-state index < -0.39 is 0 Å². The molecular formula is C25H32. The first-order valence-corrected chi connectivity index (χ1v) is 10.3. The standard InChI is InChI=1S/C25H32/c1-2-3-4-5-6-7-8-9-10-13-21-16-17-24-19-22-14-11-12-15-23(22)20-25(24)18-21/h11-12,14-20H,2-10,13H2,1H3. The monoisotopic (exact) mass is 332 g/mol. The molecule has 0 fully saturated rings. The molecule has 0 nitrogen and oxygen atoms in total. The van der Waals surface area contributed by atoms with Gasteiger partial charge in [-0.1, -0.05) is 101 Å². The first kappa shape index (κ1) is 18.0. The number of rotatable bonds is 10. The zero-order valence-electron chi connectivity index (χ0n) is 15.8. The fourth-order valence-electron chi connectivity index (χ4n) is 3.78. The quantitative estimate of drug-likeness (QED) is 0.260. The summed E-state index contributed by atoms with van der Waals surface area (Å²) in [4.78, 5) is 0. The summed E-state index contributed by atoms with van der Waals surface area (Å²) in [5.74, 6) is 0. The Morgan fingerprint density at radius 1 is 0.520 bits per heavy atom. The zero-order valence-corrected chi connectivity index (χ0v) is 15.8. The fourth-order valence-corrected chi connectivity index (χ4v) is 3.78. The molecule has 0 saturated heterocycles. The molecule has 0 radical (unpaired) electrons. The van der Waals surface area contributed by atoms with Crippen molar-refractivity contribution in [2.24, 2.45) is 0 Å². The summed E-state index contributed by atoms with van der Waals surface area (Å²) in [5, 5.41) is 5.42. The summed E-state index contributed by atoms with van der Waals surface area (Å²) >= 11 is 0. The van der Waals surface area contributed by atoms with Gasteiger partial charge >= 0.3 is 0 Å². The first-order chi connectivity index (χ1) is 12.4. The van der Waals surface area contributed by atoms with Gasteiger partial charge in [0.15, 0.2) is 0 Å². The van der Waals surface area contributed by atoms with Crippen molar-refractivity contribution >= 4 is 21.5 Å². The van der Waals surface area contributed by atoms with Gasteiger partial charge in [-0.05, 0) is 52.1 Å². The second kappa shape index (κ2) is 9.61. The van der Waals surface area contributed by atoms with Crippen molar-refractivity contribution < 1.29 is 0 Å². The lowest BCUT2D eigenvalue weighted by Crippen LogP contribution is -1.87. The van der Waals surface area contributed by atoms with Crippen molar-refractivity contribution in [1.29, 1.82) is 0 Å². The molecule has 0 N–H and O–H groups in total. The molecule has 0 atom stereocenters. The maximum atomic E-state index is 2.40. The minimum absolute atomic E-state index is 1.22. The van der Waals surface area contributed by atoms with E-state index >= 15 is 0 Å². The van der Waals surface area contributed by atoms with Crippen LogP contribution in [0.4, 0.5) is 0 Å². The lowest BCUT2D eigenvalue weighted by molar-refractivity contribution is 0.565. The van der Waals surface area contributed by atoms with Crippen molar-refractivity contribution in [2.75, 3.05) is 0 Å². The van der Waals surface area contributed by atoms with Gasteiger partial charge < -0.3 is 0 Å². The van der Waals surface area contributed by atoms with Crippen LogP contribution in [0.5, 0.6) is 0 Å². The lowest BCUT2D eigenvalue weighted by Gasteiger charge is -2.06. The summed E-state index contributed by atoms with van der Waals surface area (Å²) in [6.07, 6.45) is 13.8. The van der Waals surface area contributed by atoms with Gasteiger partial charge in [0.05, 0.1) is 0 Å². The van der Waals surface area contributed by atoms with Gasteiger partial charge in [-0.25, -0.2) is 0 Å². The van der Waals surface area contributed by atoms with Gasteiger partial charge in [-0.3, -0.25) is 0 Å². The average Bonchev–Trinajstić information content (AvgIpc) is 2.65. The predicted octanol–water partition coefficient (Wildman–Crippen LogP) is 8.07. The van der Waals surface area contributed by atoms with E-state index in [2.05, 4.69) is 61.5 Å². The van der Waals surface area contributed by atoms with E-state index in [0.29, 0.717) is 0 Å². The van der Waals surface area contributed by atoms with Crippen LogP contribution in [0.3, 0.4) is 0 Å². The molecule has 3 aromatic carbocycles. The summed E-state index contributed by atoms with van der Waals surface area (Å²) in [5.41, 5.74) is 1.49. The average molecular weight is 333 g/mol. The highest BCUT2D eigenvalue weighted by molar-refractivity contribution is 5.98. The van der Waals surface area contributed by atoms with Crippen molar-refractivity contribution in [1.82, 2.24) is 0 Å². The van der Waals surface area contributed by atoms with E-state index in [-0.39, 0.29) is 0 Å². The SMILES string of the molecule is CCCCCCCCCCCc1ccc2cc3ccccc3cc2c1. The molecule has 0 unspecified atom stereocenters. The van der Waals surface area contributed by atoms with E-state index in [1.54, 1.807) is 0 Å². The molecule has 132 valence electrons. The van der Waals surface area contributed by atoms with Crippen LogP contribution in [0.15, 0.2) is 54.6 Å². The van der Waals surface area contributed by atoms with Crippen LogP contribution in [0.2, 0.25) is 0 Å². The molecule has 3 aromatic rings. The fraction of sp³-hybridized carbons (Fsp3) is 0.440. The number of fused-ring (bicyclic) bond motifs is 2. The van der Waals surface area contributed by atoms with E-state index in [0.717, 1.165) is 0 Å². The molecule has 3 rings (SSSR count). The molecule has 0 spiro atoms. The highest BCUT2D eigenvalue weighted by atomic mass is 14.1. The van der Waals surface area contributed by atoms with Crippen LogP contribution in [-0.4, -0.2) is 0 Å². The Kier molecular flexibility index (Phi) is 6.91. The Balaban J connectivity index is 1.46. The normalized spacial score (nSPS) is 11.4. The van der Waals surface area contributed by atoms with Gasteiger partial charge in [-0.15, -0.1) is 0 Å². The Bertz CT molecular complexity index is 784. The molecule has 0 aliphatic heterocycles. The molecule has 25 heavy (non-hydrogen) atoms. The number of unbranched alkanes of at least 4 members (excludes halogenated alkanes) is 8. The van der Waals surface area contributed by atoms with Crippen LogP contribution in [0.25, 0.3) is 21.5 Å². The molecule has 0 amide bonds. The van der Waals surface area contributed by atoms with Crippen LogP contribution < -0.4 is 0 Å². The van der Waals surface area contributed by atoms with Gasteiger partial charge in [-0.2, -0.15) is 0 Å². The maximum Gasteiger partial charge on any atom is -0.0175 e. The molecule has 0 saturated carbocycles. The Hall–Kier alpha value is -1.82. The Labute approximate surface area is 153 Å². The zero-order chi connectivity index (χ0) is 17.3. The lowest BCUT2D eigenvalue weighted by atomic mass is 9.99. The maximum absolute atomic E-state index is 2.40. The minimum atomic E-state index is 1.22. The number of aryl methyl sites for hydroxylation is 1. The Morgan fingerprint density at radius 2 is 1.08 bits per heavy atom. The van der Waals surface area contributed by atoms with E-state index in [1.807, 2.05) is 0 Å². The third-order valence-corrected chi connectivity index (χ3v) is 5.34. The number of hydrogen-bond donors (Lipinski definition) is 0. The molecule has 0 aliphatic carbocycles. The van der Waals surface area contributed by atoms with E-state index in [4.69, 9.17) is 0 Å². The van der Waals surface area contributed by atoms with Crippen molar-refractivity contribution in [3.05, 3.63) is 60.2 Å². The van der Waals surface area contributed by atoms with Crippen molar-refractivity contribution in [2.45, 2.75) is 71.1 Å². The van der Waals surface area contributed by atoms with Crippen LogP contribution in [-0.2, 0) is 6.42 Å². The first-order valence-electron chi connectivity index (χ1n) is 10.3. The molecule has 0 heterocycles. The number of benzene rings is 3. The van der Waals surface area contributed by atoms with Crippen LogP contribution >= 0.6 is 0 Å².